The van der Waals surface area contributed by atoms with E-state index in [9.17, 15) is 31.1 Å². The van der Waals surface area contributed by atoms with Gasteiger partial charge in [-0.05, 0) is 18.6 Å². The number of amides is 1. The molecule has 0 unspecified atom stereocenters. The van der Waals surface area contributed by atoms with E-state index in [4.69, 9.17) is 0 Å². The summed E-state index contributed by atoms with van der Waals surface area (Å²) in [6.07, 6.45) is -7.35. The number of fused-ring (bicyclic) bond motifs is 2. The van der Waals surface area contributed by atoms with Crippen LogP contribution in [0.4, 0.5) is 26.3 Å². The summed E-state index contributed by atoms with van der Waals surface area (Å²) in [5.74, 6) is -3.17. The maximum atomic E-state index is 13.5. The van der Waals surface area contributed by atoms with Crippen LogP contribution < -0.4 is 0 Å². The molecule has 1 aromatic heterocycles. The Bertz CT molecular complexity index is 637. The van der Waals surface area contributed by atoms with Crippen molar-refractivity contribution in [2.45, 2.75) is 30.4 Å². The van der Waals surface area contributed by atoms with Crippen LogP contribution in [0.5, 0.6) is 0 Å². The Morgan fingerprint density at radius 2 is 1.83 bits per heavy atom. The Morgan fingerprint density at radius 1 is 1.17 bits per heavy atom. The molecule has 0 aromatic carbocycles. The number of aromatic nitrogens is 1. The normalized spacial score (nSPS) is 25.9. The first-order valence-electron chi connectivity index (χ1n) is 6.66. The molecule has 0 radical (unpaired) electrons. The first kappa shape index (κ1) is 15.8. The van der Waals surface area contributed by atoms with Gasteiger partial charge in [0.15, 0.2) is 0 Å². The van der Waals surface area contributed by atoms with Gasteiger partial charge in [-0.25, -0.2) is 0 Å². The largest absolute Gasteiger partial charge is 0.421 e. The summed E-state index contributed by atoms with van der Waals surface area (Å²) >= 11 is 0. The quantitative estimate of drug-likeness (QED) is 0.582. The average molecular weight is 336 g/mol. The zero-order valence-corrected chi connectivity index (χ0v) is 11.4. The molecule has 2 aliphatic rings. The van der Waals surface area contributed by atoms with Gasteiger partial charge >= 0.3 is 12.4 Å². The van der Waals surface area contributed by atoms with Crippen molar-refractivity contribution in [3.05, 3.63) is 42.2 Å². The van der Waals surface area contributed by atoms with Crippen molar-refractivity contribution in [2.24, 2.45) is 5.92 Å². The molecule has 124 valence electrons. The summed E-state index contributed by atoms with van der Waals surface area (Å²) in [6, 6.07) is 1.18. The first-order chi connectivity index (χ1) is 10.6. The molecule has 3 nitrogen and oxygen atoms in total. The number of pyridine rings is 1. The van der Waals surface area contributed by atoms with Crippen molar-refractivity contribution in [3.63, 3.8) is 0 Å². The van der Waals surface area contributed by atoms with Gasteiger partial charge in [0.1, 0.15) is 0 Å². The molecule has 23 heavy (non-hydrogen) atoms. The molecule has 1 saturated heterocycles. The van der Waals surface area contributed by atoms with E-state index in [-0.39, 0.29) is 10.5 Å². The van der Waals surface area contributed by atoms with Crippen molar-refractivity contribution in [2.75, 3.05) is 0 Å². The maximum Gasteiger partial charge on any atom is 0.421 e. The van der Waals surface area contributed by atoms with Gasteiger partial charge in [0.05, 0.1) is 11.6 Å². The van der Waals surface area contributed by atoms with E-state index in [0.717, 1.165) is 18.3 Å². The van der Waals surface area contributed by atoms with Crippen molar-refractivity contribution in [1.29, 1.82) is 0 Å². The predicted molar refractivity (Wildman–Crippen MR) is 66.3 cm³/mol. The van der Waals surface area contributed by atoms with Gasteiger partial charge in [0, 0.05) is 18.3 Å². The average Bonchev–Trinajstić information content (AvgIpc) is 3.04. The number of halogens is 6. The lowest BCUT2D eigenvalue weighted by Gasteiger charge is -2.46. The lowest BCUT2D eigenvalue weighted by atomic mass is 9.83. The van der Waals surface area contributed by atoms with E-state index in [0.29, 0.717) is 0 Å². The molecule has 0 spiro atoms. The summed E-state index contributed by atoms with van der Waals surface area (Å²) in [7, 11) is 0. The Labute approximate surface area is 126 Å². The van der Waals surface area contributed by atoms with Gasteiger partial charge in [-0.3, -0.25) is 9.78 Å². The Morgan fingerprint density at radius 3 is 2.35 bits per heavy atom. The van der Waals surface area contributed by atoms with Gasteiger partial charge in [-0.2, -0.15) is 26.3 Å². The van der Waals surface area contributed by atoms with Crippen molar-refractivity contribution in [3.8, 4) is 0 Å². The van der Waals surface area contributed by atoms with Gasteiger partial charge in [-0.1, -0.05) is 12.2 Å². The molecular formula is C14H10F6N2O. The molecule has 9 heteroatoms. The zero-order chi connectivity index (χ0) is 17.0. The second-order valence-electron chi connectivity index (χ2n) is 5.47. The monoisotopic (exact) mass is 336 g/mol. The third kappa shape index (κ3) is 1.98. The highest BCUT2D eigenvalue weighted by Crippen LogP contribution is 2.60. The van der Waals surface area contributed by atoms with E-state index in [1.54, 1.807) is 0 Å². The minimum atomic E-state index is -5.65. The Hall–Kier alpha value is -2.06. The lowest BCUT2D eigenvalue weighted by Crippen LogP contribution is -2.70. The number of likely N-dealkylation sites (tertiary alicyclic amines) is 1. The van der Waals surface area contributed by atoms with Crippen LogP contribution in [0, 0.1) is 5.92 Å². The first-order valence-corrected chi connectivity index (χ1v) is 6.66. The summed E-state index contributed by atoms with van der Waals surface area (Å²) in [6.45, 7) is 0. The lowest BCUT2D eigenvalue weighted by molar-refractivity contribution is -0.336. The molecule has 1 aromatic rings. The molecule has 1 aliphatic carbocycles. The second kappa shape index (κ2) is 4.72. The maximum absolute atomic E-state index is 13.5. The number of carbonyl (C=O) groups excluding carboxylic acids is 1. The van der Waals surface area contributed by atoms with E-state index in [2.05, 4.69) is 4.98 Å². The van der Waals surface area contributed by atoms with Crippen LogP contribution in [-0.2, 0) is 0 Å². The molecule has 2 bridgehead atoms. The van der Waals surface area contributed by atoms with E-state index in [1.165, 1.54) is 18.3 Å². The minimum Gasteiger partial charge on any atom is -0.309 e. The fourth-order valence-electron chi connectivity index (χ4n) is 3.41. The molecular weight excluding hydrogens is 326 g/mol. The highest BCUT2D eigenvalue weighted by molar-refractivity contribution is 5.95. The number of carbonyl (C=O) groups is 1. The van der Waals surface area contributed by atoms with Crippen molar-refractivity contribution < 1.29 is 31.1 Å². The third-order valence-corrected chi connectivity index (χ3v) is 4.30. The second-order valence-corrected chi connectivity index (χ2v) is 5.47. The standard InChI is InChI=1S/C14H10F6N2O/c15-13(16,17)12(14(18,19)20)9-3-4-10(6-9)22(12)11(23)8-2-1-5-21-7-8/h1-5,7,9-10H,6H2/t9-,10+/m1/s1. The Kier molecular flexibility index (Phi) is 3.24. The van der Waals surface area contributed by atoms with Crippen molar-refractivity contribution in [1.82, 2.24) is 9.88 Å². The van der Waals surface area contributed by atoms with Gasteiger partial charge < -0.3 is 4.90 Å². The molecule has 1 fully saturated rings. The Balaban J connectivity index is 2.18. The molecule has 2 atom stereocenters. The van der Waals surface area contributed by atoms with Crippen LogP contribution >= 0.6 is 0 Å². The van der Waals surface area contributed by atoms with Gasteiger partial charge in [-0.15, -0.1) is 0 Å². The van der Waals surface area contributed by atoms with Crippen LogP contribution in [0.25, 0.3) is 0 Å². The predicted octanol–water partition coefficient (Wildman–Crippen LogP) is 3.35. The summed E-state index contributed by atoms with van der Waals surface area (Å²) in [4.78, 5) is 15.9. The number of rotatable bonds is 1. The molecule has 1 aliphatic heterocycles. The number of hydrogen-bond donors (Lipinski definition) is 0. The van der Waals surface area contributed by atoms with Gasteiger partial charge in [0.25, 0.3) is 5.91 Å². The van der Waals surface area contributed by atoms with E-state index < -0.39 is 42.2 Å². The highest BCUT2D eigenvalue weighted by atomic mass is 19.4. The molecule has 1 amide bonds. The topological polar surface area (TPSA) is 33.2 Å². The summed E-state index contributed by atoms with van der Waals surface area (Å²) in [5.41, 5.74) is -4.52. The van der Waals surface area contributed by atoms with Gasteiger partial charge in [0.2, 0.25) is 5.54 Å². The van der Waals surface area contributed by atoms with Crippen LogP contribution in [-0.4, -0.2) is 39.7 Å². The zero-order valence-electron chi connectivity index (χ0n) is 11.4. The van der Waals surface area contributed by atoms with Crippen LogP contribution in [0.1, 0.15) is 16.8 Å². The van der Waals surface area contributed by atoms with Crippen LogP contribution in [0.3, 0.4) is 0 Å². The van der Waals surface area contributed by atoms with E-state index >= 15 is 0 Å². The number of alkyl halides is 6. The fourth-order valence-corrected chi connectivity index (χ4v) is 3.41. The van der Waals surface area contributed by atoms with E-state index in [1.807, 2.05) is 0 Å². The number of nitrogens with zero attached hydrogens (tertiary/aromatic N) is 2. The molecule has 0 N–H and O–H groups in total. The molecule has 0 saturated carbocycles. The SMILES string of the molecule is O=C(c1cccnc1)N1[C@H]2C=C[C@H](C2)C1(C(F)(F)F)C(F)(F)F. The highest BCUT2D eigenvalue weighted by Gasteiger charge is 2.81. The van der Waals surface area contributed by atoms with Crippen LogP contribution in [0.15, 0.2) is 36.7 Å². The molecule has 2 heterocycles. The third-order valence-electron chi connectivity index (χ3n) is 4.30. The summed E-state index contributed by atoms with van der Waals surface area (Å²) < 4.78 is 81.2. The van der Waals surface area contributed by atoms with Crippen LogP contribution in [0.2, 0.25) is 0 Å². The fraction of sp³-hybridized carbons (Fsp3) is 0.429. The minimum absolute atomic E-state index is 0.0747. The van der Waals surface area contributed by atoms with Crippen molar-refractivity contribution >= 4 is 5.91 Å². The smallest absolute Gasteiger partial charge is 0.309 e. The molecule has 3 rings (SSSR count). The summed E-state index contributed by atoms with van der Waals surface area (Å²) in [5, 5.41) is 0. The number of hydrogen-bond acceptors (Lipinski definition) is 2.